The van der Waals surface area contributed by atoms with E-state index in [0.717, 1.165) is 24.4 Å². The van der Waals surface area contributed by atoms with Crippen molar-refractivity contribution in [3.63, 3.8) is 0 Å². The van der Waals surface area contributed by atoms with Crippen molar-refractivity contribution in [3.05, 3.63) is 23.3 Å². The first-order valence-electron chi connectivity index (χ1n) is 8.02. The summed E-state index contributed by atoms with van der Waals surface area (Å²) in [4.78, 5) is 2.75. The number of rotatable bonds is 1. The summed E-state index contributed by atoms with van der Waals surface area (Å²) in [6.45, 7) is 1.26. The molecule has 3 nitrogen and oxygen atoms in total. The van der Waals surface area contributed by atoms with Gasteiger partial charge in [-0.05, 0) is 62.6 Å². The molecule has 2 atom stereocenters. The van der Waals surface area contributed by atoms with Crippen molar-refractivity contribution in [2.24, 2.45) is 5.92 Å². The number of phenols is 2. The number of likely N-dealkylation sites (tertiary alicyclic amines) is 1. The van der Waals surface area contributed by atoms with E-state index in [-0.39, 0.29) is 11.5 Å². The van der Waals surface area contributed by atoms with Gasteiger partial charge >= 0.3 is 0 Å². The van der Waals surface area contributed by atoms with Crippen molar-refractivity contribution in [3.8, 4) is 11.5 Å². The summed E-state index contributed by atoms with van der Waals surface area (Å²) >= 11 is 0. The van der Waals surface area contributed by atoms with Gasteiger partial charge in [-0.15, -0.1) is 0 Å². The van der Waals surface area contributed by atoms with Crippen LogP contribution in [0.3, 0.4) is 0 Å². The van der Waals surface area contributed by atoms with E-state index in [2.05, 4.69) is 4.90 Å². The molecule has 2 N–H and O–H groups in total. The molecule has 0 unspecified atom stereocenters. The highest BCUT2D eigenvalue weighted by molar-refractivity contribution is 5.50. The minimum Gasteiger partial charge on any atom is -0.504 e. The summed E-state index contributed by atoms with van der Waals surface area (Å²) in [7, 11) is 0. The number of hydrogen-bond acceptors (Lipinski definition) is 3. The third-order valence-electron chi connectivity index (χ3n) is 5.76. The molecule has 2 fully saturated rings. The van der Waals surface area contributed by atoms with Gasteiger partial charge in [0.15, 0.2) is 11.5 Å². The molecule has 1 aromatic carbocycles. The van der Waals surface area contributed by atoms with Crippen LogP contribution in [-0.4, -0.2) is 33.7 Å². The van der Waals surface area contributed by atoms with Gasteiger partial charge in [-0.2, -0.15) is 0 Å². The minimum absolute atomic E-state index is 0.0360. The number of fused-ring (bicyclic) bond motifs is 2. The van der Waals surface area contributed by atoms with E-state index in [1.165, 1.54) is 44.2 Å². The van der Waals surface area contributed by atoms with Crippen LogP contribution in [0, 0.1) is 5.92 Å². The zero-order valence-electron chi connectivity index (χ0n) is 11.9. The quantitative estimate of drug-likeness (QED) is 0.773. The predicted octanol–water partition coefficient (Wildman–Crippen LogP) is 2.83. The van der Waals surface area contributed by atoms with E-state index in [1.807, 2.05) is 6.07 Å². The molecule has 0 amide bonds. The molecule has 1 saturated carbocycles. The van der Waals surface area contributed by atoms with Crippen LogP contribution < -0.4 is 0 Å². The summed E-state index contributed by atoms with van der Waals surface area (Å²) < 4.78 is 0. The largest absolute Gasteiger partial charge is 0.504 e. The summed E-state index contributed by atoms with van der Waals surface area (Å²) in [6, 6.07) is 5.12. The molecular weight excluding hydrogens is 250 g/mol. The molecular formula is C17H23NO2. The fraction of sp³-hybridized carbons (Fsp3) is 0.647. The summed E-state index contributed by atoms with van der Waals surface area (Å²) in [6.07, 6.45) is 8.67. The van der Waals surface area contributed by atoms with Crippen molar-refractivity contribution in [1.82, 2.24) is 4.90 Å². The Morgan fingerprint density at radius 1 is 1.00 bits per heavy atom. The zero-order valence-corrected chi connectivity index (χ0v) is 11.9. The zero-order chi connectivity index (χ0) is 13.7. The molecule has 1 heterocycles. The fourth-order valence-corrected chi connectivity index (χ4v) is 4.43. The Hall–Kier alpha value is -1.22. The Kier molecular flexibility index (Phi) is 2.92. The smallest absolute Gasteiger partial charge is 0.160 e. The lowest BCUT2D eigenvalue weighted by Gasteiger charge is -2.50. The van der Waals surface area contributed by atoms with Gasteiger partial charge in [0.2, 0.25) is 0 Å². The Morgan fingerprint density at radius 2 is 1.85 bits per heavy atom. The Balaban J connectivity index is 1.65. The highest BCUT2D eigenvalue weighted by atomic mass is 16.3. The van der Waals surface area contributed by atoms with Crippen molar-refractivity contribution in [1.29, 1.82) is 0 Å². The van der Waals surface area contributed by atoms with E-state index < -0.39 is 0 Å². The standard InChI is InChI=1S/C17H23NO2/c19-16-7-6-11-10-15-12(9-14(11)17(16)20)3-2-8-18(15)13-4-1-5-13/h6-7,12-13,15,19-20H,1-5,8-10H2/t12-,15-/m1/s1. The fourth-order valence-electron chi connectivity index (χ4n) is 4.43. The van der Waals surface area contributed by atoms with Crippen LogP contribution >= 0.6 is 0 Å². The van der Waals surface area contributed by atoms with Gasteiger partial charge in [0.1, 0.15) is 0 Å². The van der Waals surface area contributed by atoms with Crippen molar-refractivity contribution in [2.45, 2.75) is 57.0 Å². The third-order valence-corrected chi connectivity index (χ3v) is 5.76. The van der Waals surface area contributed by atoms with Crippen molar-refractivity contribution in [2.75, 3.05) is 6.54 Å². The van der Waals surface area contributed by atoms with Crippen LogP contribution in [0.5, 0.6) is 11.5 Å². The van der Waals surface area contributed by atoms with Gasteiger partial charge in [0.05, 0.1) is 0 Å². The molecule has 0 aromatic heterocycles. The molecule has 4 rings (SSSR count). The topological polar surface area (TPSA) is 43.7 Å². The maximum Gasteiger partial charge on any atom is 0.160 e. The lowest BCUT2D eigenvalue weighted by atomic mass is 9.73. The first-order valence-corrected chi connectivity index (χ1v) is 8.02. The first-order chi connectivity index (χ1) is 9.74. The second-order valence-electron chi connectivity index (χ2n) is 6.77. The van der Waals surface area contributed by atoms with E-state index in [0.29, 0.717) is 12.0 Å². The van der Waals surface area contributed by atoms with Gasteiger partial charge in [-0.3, -0.25) is 4.90 Å². The third kappa shape index (κ3) is 1.83. The molecule has 1 aromatic rings. The normalized spacial score (nSPS) is 30.4. The first kappa shape index (κ1) is 12.5. The maximum absolute atomic E-state index is 10.1. The molecule has 3 heteroatoms. The Morgan fingerprint density at radius 3 is 2.60 bits per heavy atom. The van der Waals surface area contributed by atoms with E-state index in [4.69, 9.17) is 0 Å². The van der Waals surface area contributed by atoms with Crippen LogP contribution in [0.25, 0.3) is 0 Å². The molecule has 3 aliphatic rings. The molecule has 2 aliphatic carbocycles. The number of phenolic OH excluding ortho intramolecular Hbond substituents is 2. The van der Waals surface area contributed by atoms with E-state index >= 15 is 0 Å². The second kappa shape index (κ2) is 4.66. The van der Waals surface area contributed by atoms with Gasteiger partial charge < -0.3 is 10.2 Å². The summed E-state index contributed by atoms with van der Waals surface area (Å²) in [5.41, 5.74) is 2.24. The molecule has 20 heavy (non-hydrogen) atoms. The SMILES string of the molecule is Oc1ccc2c(c1O)C[C@H]1CCCN(C3CCC3)[C@@H]1C2. The molecule has 108 valence electrons. The Labute approximate surface area is 120 Å². The molecule has 0 spiro atoms. The van der Waals surface area contributed by atoms with Crippen molar-refractivity contribution < 1.29 is 10.2 Å². The van der Waals surface area contributed by atoms with Gasteiger partial charge in [0, 0.05) is 17.6 Å². The average molecular weight is 273 g/mol. The number of hydrogen-bond donors (Lipinski definition) is 2. The monoisotopic (exact) mass is 273 g/mol. The number of piperidine rings is 1. The van der Waals surface area contributed by atoms with Crippen LogP contribution in [-0.2, 0) is 12.8 Å². The Bertz CT molecular complexity index is 524. The number of aromatic hydroxyl groups is 2. The average Bonchev–Trinajstić information content (AvgIpc) is 2.40. The molecule has 1 saturated heterocycles. The van der Waals surface area contributed by atoms with Gasteiger partial charge in [-0.1, -0.05) is 12.5 Å². The van der Waals surface area contributed by atoms with Crippen LogP contribution in [0.1, 0.15) is 43.2 Å². The second-order valence-corrected chi connectivity index (χ2v) is 6.77. The molecule has 1 aliphatic heterocycles. The highest BCUT2D eigenvalue weighted by Gasteiger charge is 2.40. The molecule has 0 bridgehead atoms. The lowest BCUT2D eigenvalue weighted by molar-refractivity contribution is 0.0137. The lowest BCUT2D eigenvalue weighted by Crippen LogP contribution is -2.55. The number of benzene rings is 1. The van der Waals surface area contributed by atoms with E-state index in [1.54, 1.807) is 6.07 Å². The minimum atomic E-state index is 0.0360. The molecule has 0 radical (unpaired) electrons. The van der Waals surface area contributed by atoms with E-state index in [9.17, 15) is 10.2 Å². The summed E-state index contributed by atoms with van der Waals surface area (Å²) in [5, 5.41) is 19.8. The highest BCUT2D eigenvalue weighted by Crippen LogP contribution is 2.43. The predicted molar refractivity (Wildman–Crippen MR) is 78.0 cm³/mol. The van der Waals surface area contributed by atoms with Gasteiger partial charge in [-0.25, -0.2) is 0 Å². The van der Waals surface area contributed by atoms with Gasteiger partial charge in [0.25, 0.3) is 0 Å². The van der Waals surface area contributed by atoms with Crippen LogP contribution in [0.15, 0.2) is 12.1 Å². The van der Waals surface area contributed by atoms with Crippen molar-refractivity contribution >= 4 is 0 Å². The summed E-state index contributed by atoms with van der Waals surface area (Å²) in [5.74, 6) is 0.820. The maximum atomic E-state index is 10.1. The van der Waals surface area contributed by atoms with Crippen LogP contribution in [0.4, 0.5) is 0 Å². The van der Waals surface area contributed by atoms with Crippen LogP contribution in [0.2, 0.25) is 0 Å². The number of nitrogens with zero attached hydrogens (tertiary/aromatic N) is 1.